The number of aldehydes is 1. The number of nitrogens with zero attached hydrogens (tertiary/aromatic N) is 2. The van der Waals surface area contributed by atoms with Gasteiger partial charge in [-0.2, -0.15) is 13.2 Å². The molecule has 34 heavy (non-hydrogen) atoms. The zero-order valence-electron chi connectivity index (χ0n) is 18.4. The SMILES string of the molecule is CN(Cc1c(Cl)cc(Cl)c(=O)n1CCc1ccc(C(=O)O)cc1)C1CCCC1.O=CC(F)(F)F. The number of alkyl halides is 3. The van der Waals surface area contributed by atoms with E-state index in [-0.39, 0.29) is 16.1 Å². The normalized spacial score (nSPS) is 14.1. The van der Waals surface area contributed by atoms with Gasteiger partial charge >= 0.3 is 12.1 Å². The zero-order chi connectivity index (χ0) is 25.5. The maximum Gasteiger partial charge on any atom is 0.446 e. The number of halogens is 5. The largest absolute Gasteiger partial charge is 0.478 e. The fourth-order valence-electron chi connectivity index (χ4n) is 3.80. The first-order valence-electron chi connectivity index (χ1n) is 10.6. The molecular formula is C23H25Cl2F3N2O4. The molecule has 6 nitrogen and oxygen atoms in total. The third-order valence-electron chi connectivity index (χ3n) is 5.61. The molecule has 0 unspecified atom stereocenters. The Kier molecular flexibility index (Phi) is 10.1. The first-order chi connectivity index (χ1) is 15.9. The van der Waals surface area contributed by atoms with Crippen molar-refractivity contribution < 1.29 is 27.9 Å². The van der Waals surface area contributed by atoms with Gasteiger partial charge in [0.1, 0.15) is 5.02 Å². The highest BCUT2D eigenvalue weighted by Gasteiger charge is 2.25. The molecule has 0 radical (unpaired) electrons. The number of hydrogen-bond donors (Lipinski definition) is 1. The van der Waals surface area contributed by atoms with Crippen LogP contribution in [0.1, 0.15) is 47.3 Å². The monoisotopic (exact) mass is 520 g/mol. The molecule has 0 amide bonds. The number of carbonyl (C=O) groups excluding carboxylic acids is 1. The lowest BCUT2D eigenvalue weighted by Gasteiger charge is -2.26. The summed E-state index contributed by atoms with van der Waals surface area (Å²) >= 11 is 12.6. The van der Waals surface area contributed by atoms with Gasteiger partial charge in [-0.3, -0.25) is 14.5 Å². The smallest absolute Gasteiger partial charge is 0.446 e. The second-order valence-corrected chi connectivity index (χ2v) is 8.82. The highest BCUT2D eigenvalue weighted by molar-refractivity contribution is 6.34. The van der Waals surface area contributed by atoms with E-state index in [1.807, 2.05) is 0 Å². The van der Waals surface area contributed by atoms with Gasteiger partial charge in [0, 0.05) is 19.1 Å². The van der Waals surface area contributed by atoms with Crippen molar-refractivity contribution in [3.8, 4) is 0 Å². The first-order valence-corrected chi connectivity index (χ1v) is 11.3. The van der Waals surface area contributed by atoms with Gasteiger partial charge in [-0.1, -0.05) is 48.2 Å². The van der Waals surface area contributed by atoms with E-state index in [1.54, 1.807) is 28.8 Å². The van der Waals surface area contributed by atoms with Crippen molar-refractivity contribution in [1.82, 2.24) is 9.47 Å². The molecule has 0 saturated heterocycles. The Morgan fingerprint density at radius 1 is 1.18 bits per heavy atom. The number of aryl methyl sites for hydroxylation is 1. The standard InChI is InChI=1S/C21H24Cl2N2O3.C2HF3O/c1-24(16-4-2-3-5-16)13-19-17(22)12-18(23)20(26)25(19)11-10-14-6-8-15(9-7-14)21(27)28;3-2(4,5)1-6/h6-9,12,16H,2-5,10-11,13H2,1H3,(H,27,28);1H. The van der Waals surface area contributed by atoms with E-state index in [9.17, 15) is 22.8 Å². The van der Waals surface area contributed by atoms with Crippen LogP contribution in [-0.4, -0.2) is 46.1 Å². The summed E-state index contributed by atoms with van der Waals surface area (Å²) < 4.78 is 32.9. The van der Waals surface area contributed by atoms with Crippen LogP contribution >= 0.6 is 23.2 Å². The van der Waals surface area contributed by atoms with E-state index in [0.717, 1.165) is 11.3 Å². The van der Waals surface area contributed by atoms with Crippen molar-refractivity contribution in [2.75, 3.05) is 7.05 Å². The second-order valence-electron chi connectivity index (χ2n) is 8.01. The molecule has 0 spiro atoms. The Bertz CT molecular complexity index is 1050. The summed E-state index contributed by atoms with van der Waals surface area (Å²) in [7, 11) is 2.07. The van der Waals surface area contributed by atoms with Crippen LogP contribution in [0.3, 0.4) is 0 Å². The van der Waals surface area contributed by atoms with Gasteiger partial charge in [0.25, 0.3) is 5.56 Å². The summed E-state index contributed by atoms with van der Waals surface area (Å²) in [4.78, 5) is 34.6. The van der Waals surface area contributed by atoms with Crippen LogP contribution in [0, 0.1) is 0 Å². The molecule has 1 saturated carbocycles. The number of hydrogen-bond acceptors (Lipinski definition) is 4. The zero-order valence-corrected chi connectivity index (χ0v) is 20.0. The predicted molar refractivity (Wildman–Crippen MR) is 124 cm³/mol. The van der Waals surface area contributed by atoms with Crippen LogP contribution in [0.5, 0.6) is 0 Å². The van der Waals surface area contributed by atoms with E-state index in [0.29, 0.717) is 30.6 Å². The number of aromatic nitrogens is 1. The lowest BCUT2D eigenvalue weighted by molar-refractivity contribution is -0.156. The van der Waals surface area contributed by atoms with Crippen LogP contribution < -0.4 is 5.56 Å². The minimum absolute atomic E-state index is 0.110. The van der Waals surface area contributed by atoms with Gasteiger partial charge in [-0.15, -0.1) is 0 Å². The van der Waals surface area contributed by atoms with Gasteiger partial charge < -0.3 is 9.67 Å². The van der Waals surface area contributed by atoms with Crippen LogP contribution in [-0.2, 0) is 24.3 Å². The number of carbonyl (C=O) groups is 2. The summed E-state index contributed by atoms with van der Waals surface area (Å²) in [5.41, 5.74) is 1.71. The van der Waals surface area contributed by atoms with E-state index in [1.165, 1.54) is 31.7 Å². The van der Waals surface area contributed by atoms with Crippen molar-refractivity contribution >= 4 is 35.5 Å². The third kappa shape index (κ3) is 8.14. The second kappa shape index (κ2) is 12.4. The van der Waals surface area contributed by atoms with E-state index in [2.05, 4.69) is 11.9 Å². The van der Waals surface area contributed by atoms with E-state index < -0.39 is 18.4 Å². The summed E-state index contributed by atoms with van der Waals surface area (Å²) in [6, 6.07) is 8.72. The Morgan fingerprint density at radius 2 is 1.74 bits per heavy atom. The quantitative estimate of drug-likeness (QED) is 0.506. The molecule has 1 aliphatic carbocycles. The molecule has 11 heteroatoms. The molecule has 3 rings (SSSR count). The molecule has 1 aliphatic rings. The van der Waals surface area contributed by atoms with Crippen molar-refractivity contribution in [1.29, 1.82) is 0 Å². The highest BCUT2D eigenvalue weighted by Crippen LogP contribution is 2.26. The van der Waals surface area contributed by atoms with Crippen LogP contribution in [0.4, 0.5) is 13.2 Å². The summed E-state index contributed by atoms with van der Waals surface area (Å²) in [6.07, 6.45) is -0.307. The molecule has 1 heterocycles. The van der Waals surface area contributed by atoms with Crippen LogP contribution in [0.15, 0.2) is 35.1 Å². The molecule has 2 aromatic rings. The van der Waals surface area contributed by atoms with Crippen molar-refractivity contribution in [2.45, 2.75) is 57.4 Å². The third-order valence-corrected chi connectivity index (χ3v) is 6.21. The molecule has 1 N–H and O–H groups in total. The minimum Gasteiger partial charge on any atom is -0.478 e. The Hall–Kier alpha value is -2.36. The molecule has 1 fully saturated rings. The number of rotatable bonds is 7. The average molecular weight is 521 g/mol. The van der Waals surface area contributed by atoms with Gasteiger partial charge in [-0.25, -0.2) is 4.79 Å². The van der Waals surface area contributed by atoms with Crippen LogP contribution in [0.2, 0.25) is 10.0 Å². The van der Waals surface area contributed by atoms with E-state index in [4.69, 9.17) is 33.1 Å². The molecule has 0 aliphatic heterocycles. The maximum atomic E-state index is 12.7. The Labute approximate surface area is 204 Å². The Balaban J connectivity index is 0.000000604. The lowest BCUT2D eigenvalue weighted by Crippen LogP contribution is -2.33. The lowest BCUT2D eigenvalue weighted by atomic mass is 10.1. The summed E-state index contributed by atoms with van der Waals surface area (Å²) in [5, 5.41) is 9.62. The summed E-state index contributed by atoms with van der Waals surface area (Å²) in [5.74, 6) is -0.957. The van der Waals surface area contributed by atoms with Gasteiger partial charge in [-0.05, 0) is 50.1 Å². The molecule has 1 aromatic carbocycles. The fraction of sp³-hybridized carbons (Fsp3) is 0.435. The predicted octanol–water partition coefficient (Wildman–Crippen LogP) is 5.22. The number of benzene rings is 1. The number of carboxylic acid groups (broad SMARTS) is 1. The first kappa shape index (κ1) is 27.9. The molecular weight excluding hydrogens is 496 g/mol. The molecule has 0 atom stereocenters. The fourth-order valence-corrected chi connectivity index (χ4v) is 4.34. The van der Waals surface area contributed by atoms with Gasteiger partial charge in [0.15, 0.2) is 0 Å². The molecule has 186 valence electrons. The molecule has 0 bridgehead atoms. The molecule has 1 aromatic heterocycles. The van der Waals surface area contributed by atoms with Crippen molar-refractivity contribution in [2.24, 2.45) is 0 Å². The minimum atomic E-state index is -4.64. The topological polar surface area (TPSA) is 79.6 Å². The van der Waals surface area contributed by atoms with Crippen molar-refractivity contribution in [3.63, 3.8) is 0 Å². The number of aromatic carboxylic acids is 1. The highest BCUT2D eigenvalue weighted by atomic mass is 35.5. The summed E-state index contributed by atoms with van der Waals surface area (Å²) in [6.45, 7) is 1.02. The number of pyridine rings is 1. The van der Waals surface area contributed by atoms with Gasteiger partial charge in [0.2, 0.25) is 6.29 Å². The number of carboxylic acids is 1. The maximum absolute atomic E-state index is 12.7. The van der Waals surface area contributed by atoms with E-state index >= 15 is 0 Å². The Morgan fingerprint density at radius 3 is 2.24 bits per heavy atom. The van der Waals surface area contributed by atoms with Crippen LogP contribution in [0.25, 0.3) is 0 Å². The van der Waals surface area contributed by atoms with Gasteiger partial charge in [0.05, 0.1) is 16.3 Å². The average Bonchev–Trinajstić information content (AvgIpc) is 3.32. The van der Waals surface area contributed by atoms with Crippen molar-refractivity contribution in [3.05, 3.63) is 67.6 Å².